The summed E-state index contributed by atoms with van der Waals surface area (Å²) in [6.07, 6.45) is 3.48. The minimum atomic E-state index is -0.168. The molecule has 0 aliphatic carbocycles. The van der Waals surface area contributed by atoms with Crippen LogP contribution < -0.4 is 15.8 Å². The summed E-state index contributed by atoms with van der Waals surface area (Å²) < 4.78 is 13.7. The molecule has 6 rings (SSSR count). The van der Waals surface area contributed by atoms with Gasteiger partial charge in [0.2, 0.25) is 0 Å². The van der Waals surface area contributed by atoms with Crippen LogP contribution in [0.2, 0.25) is 0 Å². The molecule has 2 unspecified atom stereocenters. The van der Waals surface area contributed by atoms with Crippen LogP contribution in [0, 0.1) is 6.92 Å². The SMILES string of the molecule is COc1cc(N)nc(C)c1CNC(=O)c1ccc2c(c1)C1OC2c2ccc(Cn3cccn3)cc21. The van der Waals surface area contributed by atoms with Gasteiger partial charge < -0.3 is 20.5 Å². The highest BCUT2D eigenvalue weighted by Gasteiger charge is 2.43. The van der Waals surface area contributed by atoms with Crippen molar-refractivity contribution in [3.63, 3.8) is 0 Å². The Hall–Kier alpha value is -4.17. The molecule has 4 aromatic rings. The molecule has 8 nitrogen and oxygen atoms in total. The van der Waals surface area contributed by atoms with Crippen molar-refractivity contribution in [2.75, 3.05) is 12.8 Å². The second-order valence-electron chi connectivity index (χ2n) is 8.90. The number of methoxy groups -OCH3 is 1. The van der Waals surface area contributed by atoms with Crippen LogP contribution in [0.25, 0.3) is 0 Å². The number of amides is 1. The minimum absolute atomic E-state index is 0.0892. The molecule has 1 amide bonds. The molecular weight excluding hydrogens is 442 g/mol. The Morgan fingerprint density at radius 1 is 1.11 bits per heavy atom. The predicted molar refractivity (Wildman–Crippen MR) is 130 cm³/mol. The van der Waals surface area contributed by atoms with Gasteiger partial charge in [-0.1, -0.05) is 24.3 Å². The number of carbonyl (C=O) groups is 1. The van der Waals surface area contributed by atoms with E-state index in [-0.39, 0.29) is 18.1 Å². The van der Waals surface area contributed by atoms with Crippen molar-refractivity contribution in [2.24, 2.45) is 0 Å². The fourth-order valence-electron chi connectivity index (χ4n) is 5.08. The first-order chi connectivity index (χ1) is 17.0. The number of aromatic nitrogens is 3. The third-order valence-corrected chi connectivity index (χ3v) is 6.76. The number of nitrogens with two attached hydrogens (primary N) is 1. The summed E-state index contributed by atoms with van der Waals surface area (Å²) in [6, 6.07) is 15.9. The molecule has 35 heavy (non-hydrogen) atoms. The Balaban J connectivity index is 1.23. The van der Waals surface area contributed by atoms with Gasteiger partial charge in [-0.3, -0.25) is 9.48 Å². The molecular formula is C27H25N5O3. The van der Waals surface area contributed by atoms with Gasteiger partial charge in [0.05, 0.1) is 13.7 Å². The Labute approximate surface area is 202 Å². The highest BCUT2D eigenvalue weighted by atomic mass is 16.5. The van der Waals surface area contributed by atoms with Crippen molar-refractivity contribution >= 4 is 11.7 Å². The molecule has 2 bridgehead atoms. The maximum absolute atomic E-state index is 13.0. The first-order valence-corrected chi connectivity index (χ1v) is 11.5. The van der Waals surface area contributed by atoms with E-state index in [4.69, 9.17) is 15.2 Å². The number of nitrogens with zero attached hydrogens (tertiary/aromatic N) is 3. The fourth-order valence-corrected chi connectivity index (χ4v) is 5.08. The van der Waals surface area contributed by atoms with E-state index >= 15 is 0 Å². The third-order valence-electron chi connectivity index (χ3n) is 6.76. The molecule has 176 valence electrons. The van der Waals surface area contributed by atoms with Crippen molar-refractivity contribution in [2.45, 2.75) is 32.2 Å². The first-order valence-electron chi connectivity index (χ1n) is 11.5. The number of ether oxygens (including phenoxy) is 2. The summed E-state index contributed by atoms with van der Waals surface area (Å²) in [5.74, 6) is 0.829. The number of hydrogen-bond acceptors (Lipinski definition) is 6. The number of nitrogen functional groups attached to an aromatic ring is 1. The molecule has 0 spiro atoms. The third kappa shape index (κ3) is 3.63. The van der Waals surface area contributed by atoms with Gasteiger partial charge in [0.25, 0.3) is 5.91 Å². The number of fused-ring (bicyclic) bond motifs is 8. The highest BCUT2D eigenvalue weighted by Crippen LogP contribution is 2.54. The van der Waals surface area contributed by atoms with E-state index in [2.05, 4.69) is 33.6 Å². The standard InChI is InChI=1S/C27H25N5O3/c1-15-22(23(34-2)12-24(28)31-15)13-29-27(33)17-5-7-19-21(11-17)26-20-10-16(14-32-9-3-8-30-32)4-6-18(20)25(19)35-26/h3-12,25-26H,13-14H2,1-2H3,(H2,28,31)(H,29,33). The van der Waals surface area contributed by atoms with Gasteiger partial charge >= 0.3 is 0 Å². The predicted octanol–water partition coefficient (Wildman–Crippen LogP) is 3.68. The summed E-state index contributed by atoms with van der Waals surface area (Å²) in [7, 11) is 1.58. The van der Waals surface area contributed by atoms with Crippen LogP contribution in [-0.2, 0) is 17.8 Å². The van der Waals surface area contributed by atoms with E-state index in [1.807, 2.05) is 42.1 Å². The minimum Gasteiger partial charge on any atom is -0.496 e. The number of pyridine rings is 1. The molecule has 2 atom stereocenters. The number of benzene rings is 2. The van der Waals surface area contributed by atoms with Gasteiger partial charge in [-0.05, 0) is 52.9 Å². The molecule has 2 aromatic heterocycles. The monoisotopic (exact) mass is 467 g/mol. The van der Waals surface area contributed by atoms with Crippen molar-refractivity contribution in [3.05, 3.63) is 106 Å². The molecule has 2 aliphatic heterocycles. The van der Waals surface area contributed by atoms with Crippen molar-refractivity contribution in [1.29, 1.82) is 0 Å². The van der Waals surface area contributed by atoms with Gasteiger partial charge in [-0.25, -0.2) is 4.98 Å². The quantitative estimate of drug-likeness (QED) is 0.448. The van der Waals surface area contributed by atoms with Gasteiger partial charge in [-0.15, -0.1) is 0 Å². The van der Waals surface area contributed by atoms with Crippen molar-refractivity contribution < 1.29 is 14.3 Å². The second kappa shape index (κ2) is 8.25. The van der Waals surface area contributed by atoms with Crippen LogP contribution >= 0.6 is 0 Å². The number of nitrogens with one attached hydrogen (secondary N) is 1. The molecule has 0 saturated carbocycles. The largest absolute Gasteiger partial charge is 0.496 e. The van der Waals surface area contributed by atoms with Gasteiger partial charge in [0.1, 0.15) is 23.8 Å². The van der Waals surface area contributed by atoms with Crippen molar-refractivity contribution in [3.8, 4) is 5.75 Å². The number of aryl methyl sites for hydroxylation is 1. The lowest BCUT2D eigenvalue weighted by Gasteiger charge is -2.18. The fraction of sp³-hybridized carbons (Fsp3) is 0.222. The van der Waals surface area contributed by atoms with Crippen LogP contribution in [-0.4, -0.2) is 27.8 Å². The summed E-state index contributed by atoms with van der Waals surface area (Å²) in [4.78, 5) is 17.3. The van der Waals surface area contributed by atoms with E-state index in [0.717, 1.165) is 27.9 Å². The zero-order valence-electron chi connectivity index (χ0n) is 19.5. The van der Waals surface area contributed by atoms with Gasteiger partial charge in [0, 0.05) is 41.8 Å². The van der Waals surface area contributed by atoms with E-state index < -0.39 is 0 Å². The van der Waals surface area contributed by atoms with Gasteiger partial charge in [-0.2, -0.15) is 5.10 Å². The zero-order chi connectivity index (χ0) is 24.1. The molecule has 0 fully saturated rings. The Bertz CT molecular complexity index is 1450. The molecule has 3 N–H and O–H groups in total. The lowest BCUT2D eigenvalue weighted by molar-refractivity contribution is 0.0857. The summed E-state index contributed by atoms with van der Waals surface area (Å²) in [5.41, 5.74) is 13.6. The maximum atomic E-state index is 13.0. The summed E-state index contributed by atoms with van der Waals surface area (Å²) >= 11 is 0. The zero-order valence-corrected chi connectivity index (χ0v) is 19.5. The molecule has 8 heteroatoms. The molecule has 0 saturated heterocycles. The average molecular weight is 468 g/mol. The first kappa shape index (κ1) is 21.4. The smallest absolute Gasteiger partial charge is 0.251 e. The van der Waals surface area contributed by atoms with Gasteiger partial charge in [0.15, 0.2) is 0 Å². The number of anilines is 1. The number of rotatable bonds is 6. The Morgan fingerprint density at radius 2 is 1.89 bits per heavy atom. The number of hydrogen-bond donors (Lipinski definition) is 2. The second-order valence-corrected chi connectivity index (χ2v) is 8.90. The molecule has 2 aromatic carbocycles. The van der Waals surface area contributed by atoms with Crippen LogP contribution in [0.3, 0.4) is 0 Å². The average Bonchev–Trinajstić information content (AvgIpc) is 3.59. The number of carbonyl (C=O) groups excluding carboxylic acids is 1. The maximum Gasteiger partial charge on any atom is 0.251 e. The van der Waals surface area contributed by atoms with E-state index in [9.17, 15) is 4.79 Å². The summed E-state index contributed by atoms with van der Waals surface area (Å²) in [6.45, 7) is 2.85. The Morgan fingerprint density at radius 3 is 2.66 bits per heavy atom. The lowest BCUT2D eigenvalue weighted by Crippen LogP contribution is -2.24. The lowest BCUT2D eigenvalue weighted by atomic mass is 9.84. The molecule has 2 aliphatic rings. The van der Waals surface area contributed by atoms with E-state index in [1.165, 1.54) is 11.1 Å². The van der Waals surface area contributed by atoms with Crippen LogP contribution in [0.15, 0.2) is 60.9 Å². The summed E-state index contributed by atoms with van der Waals surface area (Å²) in [5, 5.41) is 7.29. The van der Waals surface area contributed by atoms with Crippen LogP contribution in [0.5, 0.6) is 5.75 Å². The van der Waals surface area contributed by atoms with Crippen molar-refractivity contribution in [1.82, 2.24) is 20.1 Å². The van der Waals surface area contributed by atoms with E-state index in [1.54, 1.807) is 19.4 Å². The van der Waals surface area contributed by atoms with Crippen LogP contribution in [0.1, 0.15) is 61.6 Å². The topological polar surface area (TPSA) is 104 Å². The Kier molecular flexibility index (Phi) is 5.04. The van der Waals surface area contributed by atoms with Crippen LogP contribution in [0.4, 0.5) is 5.82 Å². The normalized spacial score (nSPS) is 17.2. The van der Waals surface area contributed by atoms with E-state index in [0.29, 0.717) is 30.2 Å². The molecule has 4 heterocycles. The highest BCUT2D eigenvalue weighted by molar-refractivity contribution is 5.94. The molecule has 0 radical (unpaired) electrons.